The molecule has 1 aliphatic rings. The average Bonchev–Trinajstić information content (AvgIpc) is 2.54. The molecular weight excluding hydrogens is 152 g/mol. The summed E-state index contributed by atoms with van der Waals surface area (Å²) in [5.41, 5.74) is 1.22. The van der Waals surface area contributed by atoms with Crippen molar-refractivity contribution in [2.24, 2.45) is 0 Å². The van der Waals surface area contributed by atoms with E-state index in [1.54, 1.807) is 0 Å². The van der Waals surface area contributed by atoms with Crippen LogP contribution in [0.1, 0.15) is 19.5 Å². The SMILES string of the molecule is CC.CN1CCn2nncc2C1. The summed E-state index contributed by atoms with van der Waals surface area (Å²) in [5, 5.41) is 7.76. The van der Waals surface area contributed by atoms with Crippen molar-refractivity contribution in [1.29, 1.82) is 0 Å². The fraction of sp³-hybridized carbons (Fsp3) is 0.750. The molecule has 0 saturated carbocycles. The fourth-order valence-corrected chi connectivity index (χ4v) is 1.21. The van der Waals surface area contributed by atoms with Gasteiger partial charge in [0, 0.05) is 13.1 Å². The lowest BCUT2D eigenvalue weighted by atomic mass is 10.3. The molecule has 0 spiro atoms. The lowest BCUT2D eigenvalue weighted by molar-refractivity contribution is 0.258. The van der Waals surface area contributed by atoms with Crippen molar-refractivity contribution in [3.8, 4) is 0 Å². The Kier molecular flexibility index (Phi) is 3.22. The highest BCUT2D eigenvalue weighted by Gasteiger charge is 2.12. The highest BCUT2D eigenvalue weighted by molar-refractivity contribution is 4.95. The van der Waals surface area contributed by atoms with Crippen LogP contribution in [0, 0.1) is 0 Å². The van der Waals surface area contributed by atoms with Gasteiger partial charge in [-0.25, -0.2) is 4.68 Å². The number of hydrogen-bond acceptors (Lipinski definition) is 3. The summed E-state index contributed by atoms with van der Waals surface area (Å²) in [6, 6.07) is 0. The van der Waals surface area contributed by atoms with E-state index in [0.29, 0.717) is 0 Å². The minimum atomic E-state index is 0.978. The predicted octanol–water partition coefficient (Wildman–Crippen LogP) is 0.750. The van der Waals surface area contributed by atoms with Crippen LogP contribution in [0.25, 0.3) is 0 Å². The minimum absolute atomic E-state index is 0.978. The molecule has 0 atom stereocenters. The number of nitrogens with zero attached hydrogens (tertiary/aromatic N) is 4. The molecule has 0 aromatic carbocycles. The topological polar surface area (TPSA) is 34.0 Å². The van der Waals surface area contributed by atoms with Gasteiger partial charge < -0.3 is 0 Å². The van der Waals surface area contributed by atoms with E-state index in [-0.39, 0.29) is 0 Å². The first-order chi connectivity index (χ1) is 5.86. The van der Waals surface area contributed by atoms with Gasteiger partial charge in [-0.15, -0.1) is 5.10 Å². The van der Waals surface area contributed by atoms with Crippen molar-refractivity contribution < 1.29 is 0 Å². The molecule has 12 heavy (non-hydrogen) atoms. The van der Waals surface area contributed by atoms with Crippen molar-refractivity contribution >= 4 is 0 Å². The molecule has 0 amide bonds. The standard InChI is InChI=1S/C6H10N4.C2H6/c1-9-2-3-10-6(5-9)4-7-8-10;1-2/h4H,2-3,5H2,1H3;1-2H3. The van der Waals surface area contributed by atoms with Crippen molar-refractivity contribution in [1.82, 2.24) is 19.9 Å². The van der Waals surface area contributed by atoms with Gasteiger partial charge in [-0.3, -0.25) is 4.90 Å². The van der Waals surface area contributed by atoms with Crippen molar-refractivity contribution in [2.75, 3.05) is 13.6 Å². The second-order valence-corrected chi connectivity index (χ2v) is 2.69. The van der Waals surface area contributed by atoms with E-state index < -0.39 is 0 Å². The Morgan fingerprint density at radius 2 is 2.08 bits per heavy atom. The number of fused-ring (bicyclic) bond motifs is 1. The predicted molar refractivity (Wildman–Crippen MR) is 47.7 cm³/mol. The third kappa shape index (κ3) is 1.82. The third-order valence-electron chi connectivity index (χ3n) is 1.82. The van der Waals surface area contributed by atoms with Crippen molar-refractivity contribution in [3.63, 3.8) is 0 Å². The molecule has 4 nitrogen and oxygen atoms in total. The highest BCUT2D eigenvalue weighted by Crippen LogP contribution is 2.06. The molecule has 1 aromatic rings. The van der Waals surface area contributed by atoms with E-state index in [4.69, 9.17) is 0 Å². The molecule has 2 rings (SSSR count). The van der Waals surface area contributed by atoms with Crippen LogP contribution >= 0.6 is 0 Å². The van der Waals surface area contributed by atoms with Gasteiger partial charge in [0.2, 0.25) is 0 Å². The van der Waals surface area contributed by atoms with E-state index in [0.717, 1.165) is 19.6 Å². The van der Waals surface area contributed by atoms with Gasteiger partial charge in [0.25, 0.3) is 0 Å². The van der Waals surface area contributed by atoms with Gasteiger partial charge >= 0.3 is 0 Å². The third-order valence-corrected chi connectivity index (χ3v) is 1.82. The highest BCUT2D eigenvalue weighted by atomic mass is 15.4. The lowest BCUT2D eigenvalue weighted by Crippen LogP contribution is -2.30. The van der Waals surface area contributed by atoms with E-state index in [1.165, 1.54) is 5.69 Å². The van der Waals surface area contributed by atoms with Crippen LogP contribution < -0.4 is 0 Å². The Bertz CT molecular complexity index is 231. The van der Waals surface area contributed by atoms with Gasteiger partial charge in [-0.1, -0.05) is 19.1 Å². The van der Waals surface area contributed by atoms with E-state index in [2.05, 4.69) is 22.3 Å². The maximum Gasteiger partial charge on any atom is 0.0738 e. The molecule has 68 valence electrons. The molecule has 1 aromatic heterocycles. The molecular formula is C8H16N4. The van der Waals surface area contributed by atoms with Gasteiger partial charge in [0.05, 0.1) is 18.4 Å². The molecule has 0 aliphatic carbocycles. The second-order valence-electron chi connectivity index (χ2n) is 2.69. The maximum absolute atomic E-state index is 3.93. The first kappa shape index (κ1) is 9.19. The van der Waals surface area contributed by atoms with Crippen LogP contribution in [-0.2, 0) is 13.1 Å². The summed E-state index contributed by atoms with van der Waals surface area (Å²) < 4.78 is 1.96. The van der Waals surface area contributed by atoms with Crippen LogP contribution in [0.2, 0.25) is 0 Å². The molecule has 0 unspecified atom stereocenters. The lowest BCUT2D eigenvalue weighted by Gasteiger charge is -2.21. The second kappa shape index (κ2) is 4.21. The molecule has 0 fully saturated rings. The van der Waals surface area contributed by atoms with Crippen LogP contribution in [0.4, 0.5) is 0 Å². The van der Waals surface area contributed by atoms with Gasteiger partial charge in [-0.05, 0) is 7.05 Å². The molecule has 2 heterocycles. The molecule has 0 radical (unpaired) electrons. The summed E-state index contributed by atoms with van der Waals surface area (Å²) >= 11 is 0. The summed E-state index contributed by atoms with van der Waals surface area (Å²) in [6.07, 6.45) is 1.83. The zero-order valence-electron chi connectivity index (χ0n) is 7.99. The van der Waals surface area contributed by atoms with Crippen LogP contribution in [0.15, 0.2) is 6.20 Å². The van der Waals surface area contributed by atoms with Crippen LogP contribution in [0.3, 0.4) is 0 Å². The quantitative estimate of drug-likeness (QED) is 0.573. The van der Waals surface area contributed by atoms with Gasteiger partial charge in [-0.2, -0.15) is 0 Å². The first-order valence-electron chi connectivity index (χ1n) is 4.42. The Morgan fingerprint density at radius 1 is 1.33 bits per heavy atom. The zero-order chi connectivity index (χ0) is 8.97. The number of likely N-dealkylation sites (N-methyl/N-ethyl adjacent to an activating group) is 1. The van der Waals surface area contributed by atoms with E-state index in [1.807, 2.05) is 24.7 Å². The first-order valence-corrected chi connectivity index (χ1v) is 4.42. The Morgan fingerprint density at radius 3 is 2.83 bits per heavy atom. The molecule has 1 aliphatic heterocycles. The Labute approximate surface area is 73.2 Å². The van der Waals surface area contributed by atoms with Gasteiger partial charge in [0.15, 0.2) is 0 Å². The number of hydrogen-bond donors (Lipinski definition) is 0. The van der Waals surface area contributed by atoms with E-state index in [9.17, 15) is 0 Å². The van der Waals surface area contributed by atoms with Crippen molar-refractivity contribution in [2.45, 2.75) is 26.9 Å². The maximum atomic E-state index is 3.93. The average molecular weight is 168 g/mol. The molecule has 4 heteroatoms. The Hall–Kier alpha value is -0.900. The summed E-state index contributed by atoms with van der Waals surface area (Å²) in [5.74, 6) is 0. The largest absolute Gasteiger partial charge is 0.299 e. The van der Waals surface area contributed by atoms with E-state index >= 15 is 0 Å². The molecule has 0 N–H and O–H groups in total. The number of rotatable bonds is 0. The van der Waals surface area contributed by atoms with Crippen molar-refractivity contribution in [3.05, 3.63) is 11.9 Å². The summed E-state index contributed by atoms with van der Waals surface area (Å²) in [4.78, 5) is 2.26. The van der Waals surface area contributed by atoms with Gasteiger partial charge in [0.1, 0.15) is 0 Å². The summed E-state index contributed by atoms with van der Waals surface area (Å²) in [7, 11) is 2.11. The molecule has 0 saturated heterocycles. The Balaban J connectivity index is 0.000000336. The summed E-state index contributed by atoms with van der Waals surface area (Å²) in [6.45, 7) is 7.04. The minimum Gasteiger partial charge on any atom is -0.299 e. The molecule has 0 bridgehead atoms. The smallest absolute Gasteiger partial charge is 0.0738 e. The normalized spacial score (nSPS) is 16.2. The number of aromatic nitrogens is 3. The zero-order valence-corrected chi connectivity index (χ0v) is 7.99. The van der Waals surface area contributed by atoms with Crippen LogP contribution in [-0.4, -0.2) is 33.5 Å². The van der Waals surface area contributed by atoms with Crippen LogP contribution in [0.5, 0.6) is 0 Å². The fourth-order valence-electron chi connectivity index (χ4n) is 1.21. The monoisotopic (exact) mass is 168 g/mol.